The third-order valence-electron chi connectivity index (χ3n) is 3.76. The molecule has 1 aromatic heterocycles. The molecule has 0 spiro atoms. The number of rotatable bonds is 3. The molecule has 114 valence electrons. The first-order valence-corrected chi connectivity index (χ1v) is 6.53. The van der Waals surface area contributed by atoms with E-state index < -0.39 is 23.1 Å². The molecular formula is C15H16F3NO2. The van der Waals surface area contributed by atoms with Crippen LogP contribution in [-0.4, -0.2) is 15.6 Å². The number of carboxylic acids is 1. The Balaban J connectivity index is 2.79. The van der Waals surface area contributed by atoms with Gasteiger partial charge in [0.1, 0.15) is 0 Å². The molecular weight excluding hydrogens is 283 g/mol. The van der Waals surface area contributed by atoms with Crippen LogP contribution in [0, 0.1) is 0 Å². The normalized spacial score (nSPS) is 12.9. The van der Waals surface area contributed by atoms with Gasteiger partial charge in [0.25, 0.3) is 0 Å². The number of carbonyl (C=O) groups is 1. The highest BCUT2D eigenvalue weighted by Crippen LogP contribution is 2.37. The maximum Gasteiger partial charge on any atom is 0.416 e. The number of fused-ring (bicyclic) bond motifs is 1. The summed E-state index contributed by atoms with van der Waals surface area (Å²) in [5.41, 5.74) is -1.04. The minimum atomic E-state index is -4.45. The summed E-state index contributed by atoms with van der Waals surface area (Å²) in [5, 5.41) is 9.67. The molecule has 0 atom stereocenters. The van der Waals surface area contributed by atoms with Gasteiger partial charge in [0.05, 0.1) is 11.0 Å². The van der Waals surface area contributed by atoms with E-state index in [9.17, 15) is 23.1 Å². The van der Waals surface area contributed by atoms with Gasteiger partial charge in [0.2, 0.25) is 0 Å². The third kappa shape index (κ3) is 2.50. The molecule has 0 fully saturated rings. The molecule has 0 bridgehead atoms. The van der Waals surface area contributed by atoms with E-state index in [1.165, 1.54) is 19.9 Å². The maximum absolute atomic E-state index is 12.9. The van der Waals surface area contributed by atoms with E-state index in [1.807, 2.05) is 6.92 Å². The first kappa shape index (κ1) is 15.4. The highest BCUT2D eigenvalue weighted by Gasteiger charge is 2.35. The Labute approximate surface area is 120 Å². The monoisotopic (exact) mass is 299 g/mol. The van der Waals surface area contributed by atoms with Crippen molar-refractivity contribution in [3.8, 4) is 0 Å². The van der Waals surface area contributed by atoms with Crippen molar-refractivity contribution < 1.29 is 23.1 Å². The SMILES string of the molecule is CCn1cc(C(C)(C)C(=O)O)c2cc(C(F)(F)F)ccc21. The zero-order chi connectivity index (χ0) is 16.0. The average Bonchev–Trinajstić information content (AvgIpc) is 2.75. The maximum atomic E-state index is 12.9. The first-order chi connectivity index (χ1) is 9.59. The number of hydrogen-bond acceptors (Lipinski definition) is 1. The van der Waals surface area contributed by atoms with Crippen molar-refractivity contribution in [3.05, 3.63) is 35.5 Å². The molecule has 0 aliphatic carbocycles. The number of halogens is 3. The van der Waals surface area contributed by atoms with Crippen LogP contribution in [0.15, 0.2) is 24.4 Å². The Kier molecular flexibility index (Phi) is 3.51. The molecule has 0 aliphatic rings. The van der Waals surface area contributed by atoms with Crippen molar-refractivity contribution in [2.24, 2.45) is 0 Å². The Morgan fingerprint density at radius 1 is 1.29 bits per heavy atom. The summed E-state index contributed by atoms with van der Waals surface area (Å²) in [6, 6.07) is 3.44. The number of hydrogen-bond donors (Lipinski definition) is 1. The Morgan fingerprint density at radius 3 is 2.38 bits per heavy atom. The molecule has 3 nitrogen and oxygen atoms in total. The highest BCUT2D eigenvalue weighted by molar-refractivity contribution is 5.92. The molecule has 0 radical (unpaired) electrons. The van der Waals surface area contributed by atoms with Gasteiger partial charge in [-0.25, -0.2) is 0 Å². The van der Waals surface area contributed by atoms with E-state index in [2.05, 4.69) is 0 Å². The second-order valence-electron chi connectivity index (χ2n) is 5.49. The summed E-state index contributed by atoms with van der Waals surface area (Å²) in [6.45, 7) is 5.39. The van der Waals surface area contributed by atoms with Crippen molar-refractivity contribution in [3.63, 3.8) is 0 Å². The number of aliphatic carboxylic acids is 1. The van der Waals surface area contributed by atoms with Crippen molar-refractivity contribution in [2.75, 3.05) is 0 Å². The van der Waals surface area contributed by atoms with Crippen molar-refractivity contribution >= 4 is 16.9 Å². The number of aryl methyl sites for hydroxylation is 1. The summed E-state index contributed by atoms with van der Waals surface area (Å²) < 4.78 is 40.4. The molecule has 0 saturated carbocycles. The molecule has 1 heterocycles. The van der Waals surface area contributed by atoms with E-state index >= 15 is 0 Å². The van der Waals surface area contributed by atoms with Crippen molar-refractivity contribution in [1.29, 1.82) is 0 Å². The molecule has 0 saturated heterocycles. The first-order valence-electron chi connectivity index (χ1n) is 6.53. The van der Waals surface area contributed by atoms with E-state index in [0.29, 0.717) is 23.0 Å². The van der Waals surface area contributed by atoms with Crippen LogP contribution in [0.3, 0.4) is 0 Å². The summed E-state index contributed by atoms with van der Waals surface area (Å²) in [4.78, 5) is 11.4. The zero-order valence-electron chi connectivity index (χ0n) is 12.0. The van der Waals surface area contributed by atoms with Gasteiger partial charge in [-0.1, -0.05) is 0 Å². The van der Waals surface area contributed by atoms with Crippen LogP contribution < -0.4 is 0 Å². The number of benzene rings is 1. The Bertz CT molecular complexity index is 699. The number of aromatic nitrogens is 1. The van der Waals surface area contributed by atoms with Crippen LogP contribution in [-0.2, 0) is 22.9 Å². The van der Waals surface area contributed by atoms with Gasteiger partial charge in [0.15, 0.2) is 0 Å². The number of nitrogens with zero attached hydrogens (tertiary/aromatic N) is 1. The second kappa shape index (κ2) is 4.79. The number of alkyl halides is 3. The predicted octanol–water partition coefficient (Wildman–Crippen LogP) is 4.04. The lowest BCUT2D eigenvalue weighted by Crippen LogP contribution is -2.28. The van der Waals surface area contributed by atoms with Crippen molar-refractivity contribution in [1.82, 2.24) is 4.57 Å². The number of carboxylic acid groups (broad SMARTS) is 1. The quantitative estimate of drug-likeness (QED) is 0.929. The van der Waals surface area contributed by atoms with Gasteiger partial charge in [0, 0.05) is 23.6 Å². The molecule has 0 unspecified atom stereocenters. The van der Waals surface area contributed by atoms with Crippen molar-refractivity contribution in [2.45, 2.75) is 38.9 Å². The van der Waals surface area contributed by atoms with Gasteiger partial charge in [-0.05, 0) is 44.5 Å². The van der Waals surface area contributed by atoms with E-state index in [4.69, 9.17) is 0 Å². The minimum absolute atomic E-state index is 0.332. The average molecular weight is 299 g/mol. The Hall–Kier alpha value is -1.98. The van der Waals surface area contributed by atoms with Crippen LogP contribution in [0.5, 0.6) is 0 Å². The predicted molar refractivity (Wildman–Crippen MR) is 73.3 cm³/mol. The Morgan fingerprint density at radius 2 is 1.90 bits per heavy atom. The third-order valence-corrected chi connectivity index (χ3v) is 3.76. The van der Waals surface area contributed by atoms with Crippen LogP contribution in [0.4, 0.5) is 13.2 Å². The summed E-state index contributed by atoms with van der Waals surface area (Å²) in [5.74, 6) is -1.07. The molecule has 21 heavy (non-hydrogen) atoms. The minimum Gasteiger partial charge on any atom is -0.481 e. The topological polar surface area (TPSA) is 42.2 Å². The fraction of sp³-hybridized carbons (Fsp3) is 0.400. The lowest BCUT2D eigenvalue weighted by atomic mass is 9.84. The second-order valence-corrected chi connectivity index (χ2v) is 5.49. The van der Waals surface area contributed by atoms with Crippen LogP contribution >= 0.6 is 0 Å². The van der Waals surface area contributed by atoms with Gasteiger partial charge in [-0.3, -0.25) is 4.79 Å². The smallest absolute Gasteiger partial charge is 0.416 e. The fourth-order valence-electron chi connectivity index (χ4n) is 2.35. The molecule has 1 N–H and O–H groups in total. The molecule has 6 heteroatoms. The highest BCUT2D eigenvalue weighted by atomic mass is 19.4. The van der Waals surface area contributed by atoms with Gasteiger partial charge in [-0.2, -0.15) is 13.2 Å². The van der Waals surface area contributed by atoms with Crippen LogP contribution in [0.1, 0.15) is 31.9 Å². The van der Waals surface area contributed by atoms with Gasteiger partial charge in [-0.15, -0.1) is 0 Å². The van der Waals surface area contributed by atoms with E-state index in [0.717, 1.165) is 12.1 Å². The molecule has 2 aromatic rings. The molecule has 0 aliphatic heterocycles. The van der Waals surface area contributed by atoms with Crippen LogP contribution in [0.2, 0.25) is 0 Å². The molecule has 0 amide bonds. The lowest BCUT2D eigenvalue weighted by Gasteiger charge is -2.18. The van der Waals surface area contributed by atoms with E-state index in [1.54, 1.807) is 10.8 Å². The lowest BCUT2D eigenvalue weighted by molar-refractivity contribution is -0.142. The summed E-state index contributed by atoms with van der Waals surface area (Å²) in [7, 11) is 0. The fourth-order valence-corrected chi connectivity index (χ4v) is 2.35. The molecule has 1 aromatic carbocycles. The van der Waals surface area contributed by atoms with E-state index in [-0.39, 0.29) is 0 Å². The largest absolute Gasteiger partial charge is 0.481 e. The summed E-state index contributed by atoms with van der Waals surface area (Å²) >= 11 is 0. The van der Waals surface area contributed by atoms with Crippen LogP contribution in [0.25, 0.3) is 10.9 Å². The zero-order valence-corrected chi connectivity index (χ0v) is 12.0. The van der Waals surface area contributed by atoms with Gasteiger partial charge < -0.3 is 9.67 Å². The molecule has 2 rings (SSSR count). The summed E-state index contributed by atoms with van der Waals surface area (Å²) in [6.07, 6.45) is -2.83. The standard InChI is InChI=1S/C15H16F3NO2/c1-4-19-8-11(14(2,3)13(20)21)10-7-9(15(16,17)18)5-6-12(10)19/h5-8H,4H2,1-3H3,(H,20,21). The van der Waals surface area contributed by atoms with Gasteiger partial charge >= 0.3 is 12.1 Å².